The molecule has 0 aliphatic heterocycles. The van der Waals surface area contributed by atoms with Gasteiger partial charge in [-0.25, -0.2) is 0 Å². The summed E-state index contributed by atoms with van der Waals surface area (Å²) in [5, 5.41) is -5.54. The van der Waals surface area contributed by atoms with Crippen molar-refractivity contribution in [1.82, 2.24) is 0 Å². The van der Waals surface area contributed by atoms with Gasteiger partial charge in [-0.15, -0.1) is 0 Å². The van der Waals surface area contributed by atoms with Crippen LogP contribution < -0.4 is 0 Å². The maximum absolute atomic E-state index is 14.5. The molecule has 0 aromatic carbocycles. The van der Waals surface area contributed by atoms with E-state index in [4.69, 9.17) is 4.55 Å². The largest absolute Gasteiger partial charge is 0.399 e. The molecule has 2 aliphatic carbocycles. The summed E-state index contributed by atoms with van der Waals surface area (Å²) in [6.45, 7) is 23.7. The van der Waals surface area contributed by atoms with E-state index in [1.165, 1.54) is 0 Å². The number of carbonyl (C=O) groups excluding carboxylic acids is 1. The van der Waals surface area contributed by atoms with Gasteiger partial charge in [0, 0.05) is 11.8 Å². The van der Waals surface area contributed by atoms with Gasteiger partial charge in [-0.3, -0.25) is 9.35 Å². The number of halogens is 5. The first-order valence-electron chi connectivity index (χ1n) is 15.2. The number of carbonyl (C=O) groups is 1. The van der Waals surface area contributed by atoms with Gasteiger partial charge in [0.2, 0.25) is 0 Å². The summed E-state index contributed by atoms with van der Waals surface area (Å²) in [7, 11) is -6.41. The lowest BCUT2D eigenvalue weighted by Crippen LogP contribution is -2.48. The van der Waals surface area contributed by atoms with Crippen molar-refractivity contribution in [3.63, 3.8) is 0 Å². The van der Waals surface area contributed by atoms with Crippen molar-refractivity contribution in [1.29, 1.82) is 0 Å². The Hall–Kier alpha value is -1.03. The Morgan fingerprint density at radius 2 is 1.57 bits per heavy atom. The third-order valence-corrected chi connectivity index (χ3v) is 11.7. The van der Waals surface area contributed by atoms with Gasteiger partial charge in [0.05, 0.1) is 0 Å². The molecule has 0 heterocycles. The molecule has 2 aliphatic rings. The minimum atomic E-state index is -6.41. The van der Waals surface area contributed by atoms with Crippen LogP contribution in [0.4, 0.5) is 22.0 Å². The number of ketones is 1. The van der Waals surface area contributed by atoms with Crippen molar-refractivity contribution in [3.05, 3.63) is 12.2 Å². The molecule has 2 rings (SSSR count). The molecular formula is C32H53F5O4S. The van der Waals surface area contributed by atoms with Crippen LogP contribution >= 0.6 is 0 Å². The molecule has 6 unspecified atom stereocenters. The maximum atomic E-state index is 14.5. The summed E-state index contributed by atoms with van der Waals surface area (Å²) in [5.41, 5.74) is -1.20. The summed E-state index contributed by atoms with van der Waals surface area (Å²) in [4.78, 5) is 13.8. The Morgan fingerprint density at radius 3 is 2.00 bits per heavy atom. The number of Topliss-reactive ketones (excluding diaryl/α,β-unsaturated/α-hetero) is 1. The van der Waals surface area contributed by atoms with Gasteiger partial charge < -0.3 is 0 Å². The number of allylic oxidation sites excluding steroid dienone is 1. The SMILES string of the molecule is C=C(CC12CC(C)CC(CCC(CC)(C(=O)CC(C(F)(F)F)C(F)(F)S(=O)(=O)O)C1)C2)C(C)(CC(C)(C)C)C(C)(C)C. The van der Waals surface area contributed by atoms with E-state index in [9.17, 15) is 35.2 Å². The Bertz CT molecular complexity index is 1120. The van der Waals surface area contributed by atoms with Gasteiger partial charge in [0.15, 0.2) is 0 Å². The average molecular weight is 629 g/mol. The zero-order valence-electron chi connectivity index (χ0n) is 27.0. The highest BCUT2D eigenvalue weighted by molar-refractivity contribution is 7.86. The van der Waals surface area contributed by atoms with Crippen molar-refractivity contribution in [2.75, 3.05) is 0 Å². The average Bonchev–Trinajstić information content (AvgIpc) is 2.87. The van der Waals surface area contributed by atoms with Crippen LogP contribution in [0.25, 0.3) is 0 Å². The lowest BCUT2D eigenvalue weighted by molar-refractivity contribution is -0.221. The number of hydrogen-bond acceptors (Lipinski definition) is 3. The zero-order chi connectivity index (χ0) is 33.0. The molecule has 2 fully saturated rings. The molecule has 0 saturated heterocycles. The second-order valence-corrected chi connectivity index (χ2v) is 17.8. The van der Waals surface area contributed by atoms with E-state index >= 15 is 0 Å². The molecular weight excluding hydrogens is 575 g/mol. The van der Waals surface area contributed by atoms with Gasteiger partial charge in [-0.2, -0.15) is 30.4 Å². The molecule has 246 valence electrons. The summed E-state index contributed by atoms with van der Waals surface area (Å²) < 4.78 is 102. The van der Waals surface area contributed by atoms with Crippen LogP contribution in [0.5, 0.6) is 0 Å². The second-order valence-electron chi connectivity index (χ2n) is 16.3. The number of alkyl halides is 5. The molecule has 4 nitrogen and oxygen atoms in total. The quantitative estimate of drug-likeness (QED) is 0.148. The lowest BCUT2D eigenvalue weighted by Gasteiger charge is -2.52. The Kier molecular flexibility index (Phi) is 10.4. The highest BCUT2D eigenvalue weighted by Gasteiger charge is 2.64. The first kappa shape index (κ1) is 37.2. The molecule has 0 amide bonds. The fraction of sp³-hybridized carbons (Fsp3) is 0.906. The van der Waals surface area contributed by atoms with E-state index in [-0.39, 0.29) is 41.4 Å². The Labute approximate surface area is 250 Å². The standard InChI is InChI=1S/C32H53F5O4S/c1-11-30(25(38)15-24(31(33,34)35)32(36,37)42(39,40)41)13-12-23-14-21(2)16-29(18-23,20-30)17-22(3)28(10,27(7,8)9)19-26(4,5)6/h21,23-24H,3,11-20H2,1-2,4-10H3,(H,39,40,41). The van der Waals surface area contributed by atoms with Crippen molar-refractivity contribution < 1.29 is 39.7 Å². The smallest absolute Gasteiger partial charge is 0.299 e. The summed E-state index contributed by atoms with van der Waals surface area (Å²) in [6, 6.07) is 0. The highest BCUT2D eigenvalue weighted by Crippen LogP contribution is 2.62. The van der Waals surface area contributed by atoms with Crippen molar-refractivity contribution in [2.24, 2.45) is 44.8 Å². The predicted octanol–water partition coefficient (Wildman–Crippen LogP) is 10.0. The minimum Gasteiger partial charge on any atom is -0.299 e. The molecule has 42 heavy (non-hydrogen) atoms. The van der Waals surface area contributed by atoms with Crippen molar-refractivity contribution >= 4 is 15.9 Å². The van der Waals surface area contributed by atoms with E-state index < -0.39 is 50.5 Å². The monoisotopic (exact) mass is 628 g/mol. The van der Waals surface area contributed by atoms with E-state index in [1.807, 2.05) is 0 Å². The molecule has 1 N–H and O–H groups in total. The molecule has 0 aromatic rings. The molecule has 0 spiro atoms. The molecule has 6 atom stereocenters. The van der Waals surface area contributed by atoms with Crippen LogP contribution in [0.2, 0.25) is 0 Å². The zero-order valence-corrected chi connectivity index (χ0v) is 27.8. The Morgan fingerprint density at radius 1 is 1.02 bits per heavy atom. The van der Waals surface area contributed by atoms with Crippen LogP contribution in [0, 0.1) is 44.8 Å². The normalized spacial score (nSPS) is 30.3. The van der Waals surface area contributed by atoms with E-state index in [2.05, 4.69) is 62.0 Å². The van der Waals surface area contributed by atoms with E-state index in [1.54, 1.807) is 6.92 Å². The summed E-state index contributed by atoms with van der Waals surface area (Å²) >= 11 is 0. The fourth-order valence-electron chi connectivity index (χ4n) is 8.40. The summed E-state index contributed by atoms with van der Waals surface area (Å²) in [6.07, 6.45) is -2.29. The number of fused-ring (bicyclic) bond motifs is 2. The first-order valence-corrected chi connectivity index (χ1v) is 16.6. The lowest BCUT2D eigenvalue weighted by atomic mass is 9.52. The second kappa shape index (κ2) is 11.7. The number of rotatable bonds is 10. The summed E-state index contributed by atoms with van der Waals surface area (Å²) in [5.74, 6) is -4.29. The third kappa shape index (κ3) is 7.78. The van der Waals surface area contributed by atoms with Crippen LogP contribution in [0.15, 0.2) is 12.2 Å². The molecule has 2 saturated carbocycles. The topological polar surface area (TPSA) is 71.4 Å². The number of hydrogen-bond donors (Lipinski definition) is 1. The van der Waals surface area contributed by atoms with E-state index in [0.717, 1.165) is 31.3 Å². The van der Waals surface area contributed by atoms with Gasteiger partial charge in [0.1, 0.15) is 11.7 Å². The molecule has 0 radical (unpaired) electrons. The first-order chi connectivity index (χ1) is 18.5. The minimum absolute atomic E-state index is 0.0114. The predicted molar refractivity (Wildman–Crippen MR) is 157 cm³/mol. The maximum Gasteiger partial charge on any atom is 0.399 e. The Balaban J connectivity index is 2.60. The molecule has 10 heteroatoms. The third-order valence-electron chi connectivity index (χ3n) is 10.7. The van der Waals surface area contributed by atoms with Crippen LogP contribution in [-0.4, -0.2) is 30.2 Å². The highest BCUT2D eigenvalue weighted by atomic mass is 32.2. The fourth-order valence-corrected chi connectivity index (χ4v) is 8.98. The van der Waals surface area contributed by atoms with Crippen LogP contribution in [0.1, 0.15) is 127 Å². The van der Waals surface area contributed by atoms with Gasteiger partial charge >= 0.3 is 21.5 Å². The van der Waals surface area contributed by atoms with Crippen molar-refractivity contribution in [2.45, 2.75) is 138 Å². The van der Waals surface area contributed by atoms with Gasteiger partial charge in [-0.1, -0.05) is 74.5 Å². The van der Waals surface area contributed by atoms with Crippen LogP contribution in [0.3, 0.4) is 0 Å². The molecule has 2 bridgehead atoms. The van der Waals surface area contributed by atoms with Crippen molar-refractivity contribution in [3.8, 4) is 0 Å². The molecule has 0 aromatic heterocycles. The van der Waals surface area contributed by atoms with Gasteiger partial charge in [-0.05, 0) is 91.3 Å². The van der Waals surface area contributed by atoms with Crippen LogP contribution in [-0.2, 0) is 14.9 Å². The van der Waals surface area contributed by atoms with Gasteiger partial charge in [0.25, 0.3) is 0 Å². The van der Waals surface area contributed by atoms with E-state index in [0.29, 0.717) is 18.8 Å².